The van der Waals surface area contributed by atoms with Crippen molar-refractivity contribution in [2.75, 3.05) is 0 Å². The largest absolute Gasteiger partial charge is 0.492 e. The third kappa shape index (κ3) is 3.65. The van der Waals surface area contributed by atoms with Crippen LogP contribution in [-0.2, 0) is 6.54 Å². The van der Waals surface area contributed by atoms with E-state index in [0.29, 0.717) is 5.56 Å². The molecule has 2 N–H and O–H groups in total. The highest BCUT2D eigenvalue weighted by molar-refractivity contribution is 5.87. The van der Waals surface area contributed by atoms with E-state index in [-0.39, 0.29) is 40.2 Å². The number of aromatic hydroxyl groups is 1. The number of carboxylic acid groups (broad SMARTS) is 1. The van der Waals surface area contributed by atoms with Gasteiger partial charge in [-0.15, -0.1) is 0 Å². The van der Waals surface area contributed by atoms with Crippen LogP contribution in [0, 0.1) is 11.6 Å². The lowest BCUT2D eigenvalue weighted by Crippen LogP contribution is -2.06. The average Bonchev–Trinajstić information content (AvgIpc) is 3.44. The minimum Gasteiger partial charge on any atom is -0.492 e. The molecule has 0 aliphatic rings. The van der Waals surface area contributed by atoms with Gasteiger partial charge in [-0.25, -0.2) is 23.2 Å². The first kappa shape index (κ1) is 20.2. The highest BCUT2D eigenvalue weighted by Crippen LogP contribution is 2.27. The summed E-state index contributed by atoms with van der Waals surface area (Å²) >= 11 is 0. The highest BCUT2D eigenvalue weighted by atomic mass is 19.1. The molecule has 3 heterocycles. The van der Waals surface area contributed by atoms with Crippen LogP contribution in [-0.4, -0.2) is 45.7 Å². The third-order valence-electron chi connectivity index (χ3n) is 5.05. The van der Waals surface area contributed by atoms with Crippen LogP contribution in [0.15, 0.2) is 61.1 Å². The van der Waals surface area contributed by atoms with Gasteiger partial charge in [0.2, 0.25) is 5.88 Å². The molecule has 0 bridgehead atoms. The summed E-state index contributed by atoms with van der Waals surface area (Å²) in [5, 5.41) is 27.5. The molecule has 11 heteroatoms. The van der Waals surface area contributed by atoms with Crippen LogP contribution < -0.4 is 0 Å². The lowest BCUT2D eigenvalue weighted by molar-refractivity contribution is 0.0697. The van der Waals surface area contributed by atoms with E-state index in [0.717, 1.165) is 10.9 Å². The molecule has 164 valence electrons. The van der Waals surface area contributed by atoms with E-state index in [9.17, 15) is 18.7 Å². The molecule has 3 aromatic heterocycles. The monoisotopic (exact) mass is 448 g/mol. The fourth-order valence-corrected chi connectivity index (χ4v) is 3.43. The molecule has 0 saturated heterocycles. The Balaban J connectivity index is 1.47. The molecular weight excluding hydrogens is 434 g/mol. The summed E-state index contributed by atoms with van der Waals surface area (Å²) in [6, 6.07) is 10.5. The van der Waals surface area contributed by atoms with Crippen LogP contribution in [0.25, 0.3) is 28.1 Å². The maximum Gasteiger partial charge on any atom is 0.338 e. The lowest BCUT2D eigenvalue weighted by atomic mass is 10.0. The molecule has 9 nitrogen and oxygen atoms in total. The Morgan fingerprint density at radius 2 is 1.82 bits per heavy atom. The molecule has 0 fully saturated rings. The number of hydrogen-bond acceptors (Lipinski definition) is 6. The van der Waals surface area contributed by atoms with Crippen molar-refractivity contribution < 1.29 is 23.8 Å². The van der Waals surface area contributed by atoms with Crippen molar-refractivity contribution in [2.45, 2.75) is 6.54 Å². The van der Waals surface area contributed by atoms with E-state index in [2.05, 4.69) is 20.2 Å². The van der Waals surface area contributed by atoms with Gasteiger partial charge in [-0.05, 0) is 17.7 Å². The zero-order valence-corrected chi connectivity index (χ0v) is 16.7. The molecule has 0 radical (unpaired) electrons. The average molecular weight is 448 g/mol. The SMILES string of the molecule is O=C(O)c1cnn(-c2nc(O)c3c(cnn3Cc3ccc(-c4ccccc4F)cc3F)n2)c1. The van der Waals surface area contributed by atoms with Crippen LogP contribution in [0.1, 0.15) is 15.9 Å². The number of rotatable bonds is 5. The van der Waals surface area contributed by atoms with Gasteiger partial charge in [-0.1, -0.05) is 30.3 Å². The predicted molar refractivity (Wildman–Crippen MR) is 112 cm³/mol. The van der Waals surface area contributed by atoms with Gasteiger partial charge in [0.05, 0.1) is 24.5 Å². The quantitative estimate of drug-likeness (QED) is 0.423. The number of nitrogens with zero attached hydrogens (tertiary/aromatic N) is 6. The van der Waals surface area contributed by atoms with Crippen LogP contribution >= 0.6 is 0 Å². The van der Waals surface area contributed by atoms with Crippen molar-refractivity contribution in [3.05, 3.63) is 83.8 Å². The summed E-state index contributed by atoms with van der Waals surface area (Å²) in [5.74, 6) is -2.65. The lowest BCUT2D eigenvalue weighted by Gasteiger charge is -2.09. The van der Waals surface area contributed by atoms with Gasteiger partial charge in [0.1, 0.15) is 22.7 Å². The molecule has 2 aromatic carbocycles. The Bertz CT molecular complexity index is 1530. The first-order chi connectivity index (χ1) is 15.9. The minimum atomic E-state index is -1.16. The van der Waals surface area contributed by atoms with E-state index in [1.54, 1.807) is 24.3 Å². The number of hydrogen-bond donors (Lipinski definition) is 2. The molecule has 0 amide bonds. The molecule has 0 aliphatic carbocycles. The van der Waals surface area contributed by atoms with Crippen molar-refractivity contribution >= 4 is 17.0 Å². The fraction of sp³-hybridized carbons (Fsp3) is 0.0455. The first-order valence-corrected chi connectivity index (χ1v) is 9.65. The second-order valence-electron chi connectivity index (χ2n) is 7.15. The Hall–Kier alpha value is -4.67. The number of carbonyl (C=O) groups is 1. The number of halogens is 2. The van der Waals surface area contributed by atoms with Gasteiger partial charge in [-0.2, -0.15) is 15.2 Å². The molecular formula is C22H14F2N6O3. The van der Waals surface area contributed by atoms with Gasteiger partial charge >= 0.3 is 5.97 Å². The van der Waals surface area contributed by atoms with Gasteiger partial charge in [-0.3, -0.25) is 4.68 Å². The maximum absolute atomic E-state index is 14.8. The molecule has 0 unspecified atom stereocenters. The molecule has 5 rings (SSSR count). The third-order valence-corrected chi connectivity index (χ3v) is 5.05. The van der Waals surface area contributed by atoms with Gasteiger partial charge in [0, 0.05) is 17.3 Å². The molecule has 0 spiro atoms. The summed E-state index contributed by atoms with van der Waals surface area (Å²) in [7, 11) is 0. The fourth-order valence-electron chi connectivity index (χ4n) is 3.43. The van der Waals surface area contributed by atoms with E-state index < -0.39 is 23.5 Å². The predicted octanol–water partition coefficient (Wildman–Crippen LogP) is 3.41. The Kier molecular flexibility index (Phi) is 4.78. The van der Waals surface area contributed by atoms with E-state index in [1.165, 1.54) is 35.3 Å². The van der Waals surface area contributed by atoms with Gasteiger partial charge in [0.25, 0.3) is 5.95 Å². The van der Waals surface area contributed by atoms with Crippen molar-refractivity contribution in [2.24, 2.45) is 0 Å². The van der Waals surface area contributed by atoms with Crippen molar-refractivity contribution in [1.29, 1.82) is 0 Å². The smallest absolute Gasteiger partial charge is 0.338 e. The van der Waals surface area contributed by atoms with E-state index in [4.69, 9.17) is 5.11 Å². The second kappa shape index (κ2) is 7.79. The maximum atomic E-state index is 14.8. The molecule has 0 atom stereocenters. The first-order valence-electron chi connectivity index (χ1n) is 9.65. The van der Waals surface area contributed by atoms with Crippen LogP contribution in [0.5, 0.6) is 5.88 Å². The van der Waals surface area contributed by atoms with E-state index in [1.807, 2.05) is 0 Å². The zero-order valence-electron chi connectivity index (χ0n) is 16.7. The number of benzene rings is 2. The van der Waals surface area contributed by atoms with Crippen molar-refractivity contribution in [3.63, 3.8) is 0 Å². The topological polar surface area (TPSA) is 119 Å². The second-order valence-corrected chi connectivity index (χ2v) is 7.15. The molecule has 33 heavy (non-hydrogen) atoms. The number of aromatic nitrogens is 6. The van der Waals surface area contributed by atoms with E-state index >= 15 is 0 Å². The molecule has 0 aliphatic heterocycles. The Morgan fingerprint density at radius 3 is 2.55 bits per heavy atom. The highest BCUT2D eigenvalue weighted by Gasteiger charge is 2.17. The number of carboxylic acids is 1. The summed E-state index contributed by atoms with van der Waals surface area (Å²) < 4.78 is 31.3. The summed E-state index contributed by atoms with van der Waals surface area (Å²) in [5.41, 5.74) is 1.31. The summed E-state index contributed by atoms with van der Waals surface area (Å²) in [6.07, 6.45) is 3.71. The Labute approximate surface area is 184 Å². The summed E-state index contributed by atoms with van der Waals surface area (Å²) in [4.78, 5) is 19.2. The van der Waals surface area contributed by atoms with Crippen LogP contribution in [0.2, 0.25) is 0 Å². The zero-order chi connectivity index (χ0) is 23.1. The van der Waals surface area contributed by atoms with Gasteiger partial charge in [0.15, 0.2) is 0 Å². The standard InChI is InChI=1S/C22H14F2N6O3/c23-16-4-2-1-3-15(16)12-5-6-13(17(24)7-12)10-29-19-18(9-26-29)27-22(28-20(19)31)30-11-14(8-25-30)21(32)33/h1-9,11H,10H2,(H,32,33)(H,27,28,31). The number of aromatic carboxylic acids is 1. The molecule has 5 aromatic rings. The number of fused-ring (bicyclic) bond motifs is 1. The van der Waals surface area contributed by atoms with Gasteiger partial charge < -0.3 is 10.2 Å². The minimum absolute atomic E-state index is 0.0336. The van der Waals surface area contributed by atoms with Crippen LogP contribution in [0.4, 0.5) is 8.78 Å². The van der Waals surface area contributed by atoms with Crippen molar-refractivity contribution in [3.8, 4) is 23.0 Å². The normalized spacial score (nSPS) is 11.2. The van der Waals surface area contributed by atoms with Crippen molar-refractivity contribution in [1.82, 2.24) is 29.5 Å². The Morgan fingerprint density at radius 1 is 1.00 bits per heavy atom. The summed E-state index contributed by atoms with van der Waals surface area (Å²) in [6.45, 7) is -0.0336. The van der Waals surface area contributed by atoms with Crippen LogP contribution in [0.3, 0.4) is 0 Å². The molecule has 0 saturated carbocycles.